The van der Waals surface area contributed by atoms with Crippen molar-refractivity contribution < 1.29 is 14.6 Å². The average molecular weight is 251 g/mol. The van der Waals surface area contributed by atoms with E-state index in [0.29, 0.717) is 12.2 Å². The Morgan fingerprint density at radius 3 is 2.78 bits per heavy atom. The van der Waals surface area contributed by atoms with Crippen molar-refractivity contribution in [1.82, 2.24) is 5.32 Å². The highest BCUT2D eigenvalue weighted by Gasteiger charge is 2.16. The van der Waals surface area contributed by atoms with Crippen molar-refractivity contribution in [2.24, 2.45) is 0 Å². The van der Waals surface area contributed by atoms with Gasteiger partial charge < -0.3 is 15.2 Å². The van der Waals surface area contributed by atoms with E-state index in [0.717, 1.165) is 5.56 Å². The van der Waals surface area contributed by atoms with Gasteiger partial charge >= 0.3 is 0 Å². The fourth-order valence-corrected chi connectivity index (χ4v) is 1.57. The van der Waals surface area contributed by atoms with Crippen molar-refractivity contribution in [3.8, 4) is 5.75 Å². The molecule has 2 N–H and O–H groups in total. The van der Waals surface area contributed by atoms with Gasteiger partial charge in [0.05, 0.1) is 0 Å². The SMILES string of the molecule is Cc1cccc(OC(C)C(=O)N[C@H](C)CCO)c1. The molecular weight excluding hydrogens is 230 g/mol. The highest BCUT2D eigenvalue weighted by molar-refractivity contribution is 5.80. The highest BCUT2D eigenvalue weighted by atomic mass is 16.5. The van der Waals surface area contributed by atoms with Crippen LogP contribution >= 0.6 is 0 Å². The van der Waals surface area contributed by atoms with E-state index in [9.17, 15) is 4.79 Å². The molecule has 0 saturated heterocycles. The van der Waals surface area contributed by atoms with Gasteiger partial charge in [0.2, 0.25) is 0 Å². The smallest absolute Gasteiger partial charge is 0.260 e. The number of hydrogen-bond acceptors (Lipinski definition) is 3. The number of aliphatic hydroxyl groups is 1. The first-order chi connectivity index (χ1) is 8.52. The number of amides is 1. The third-order valence-electron chi connectivity index (χ3n) is 2.62. The fourth-order valence-electron chi connectivity index (χ4n) is 1.57. The molecule has 4 heteroatoms. The van der Waals surface area contributed by atoms with E-state index in [1.807, 2.05) is 38.1 Å². The van der Waals surface area contributed by atoms with E-state index in [1.165, 1.54) is 0 Å². The van der Waals surface area contributed by atoms with Crippen LogP contribution in [0, 0.1) is 6.92 Å². The lowest BCUT2D eigenvalue weighted by molar-refractivity contribution is -0.127. The first kappa shape index (κ1) is 14.5. The zero-order valence-electron chi connectivity index (χ0n) is 11.1. The van der Waals surface area contributed by atoms with Crippen molar-refractivity contribution in [1.29, 1.82) is 0 Å². The summed E-state index contributed by atoms with van der Waals surface area (Å²) in [5.41, 5.74) is 1.09. The molecule has 0 aliphatic rings. The number of nitrogens with one attached hydrogen (secondary N) is 1. The minimum atomic E-state index is -0.548. The third kappa shape index (κ3) is 4.75. The van der Waals surface area contributed by atoms with Gasteiger partial charge in [-0.3, -0.25) is 4.79 Å². The normalized spacial score (nSPS) is 13.8. The minimum Gasteiger partial charge on any atom is -0.481 e. The maximum atomic E-state index is 11.8. The van der Waals surface area contributed by atoms with Crippen LogP contribution in [0.5, 0.6) is 5.75 Å². The molecule has 100 valence electrons. The molecule has 1 aromatic carbocycles. The molecule has 1 unspecified atom stereocenters. The average Bonchev–Trinajstić information content (AvgIpc) is 2.29. The summed E-state index contributed by atoms with van der Waals surface area (Å²) in [4.78, 5) is 11.8. The number of carbonyl (C=O) groups excluding carboxylic acids is 1. The van der Waals surface area contributed by atoms with Gasteiger partial charge in [0.1, 0.15) is 5.75 Å². The molecule has 0 aliphatic carbocycles. The summed E-state index contributed by atoms with van der Waals surface area (Å²) in [6.07, 6.45) is -0.00365. The molecule has 0 aliphatic heterocycles. The van der Waals surface area contributed by atoms with Gasteiger partial charge in [-0.25, -0.2) is 0 Å². The van der Waals surface area contributed by atoms with Crippen LogP contribution in [0.4, 0.5) is 0 Å². The molecule has 1 aromatic rings. The number of aryl methyl sites for hydroxylation is 1. The Morgan fingerprint density at radius 1 is 1.44 bits per heavy atom. The van der Waals surface area contributed by atoms with Gasteiger partial charge in [-0.2, -0.15) is 0 Å². The molecule has 1 amide bonds. The Kier molecular flexibility index (Phi) is 5.65. The molecule has 0 saturated carbocycles. The van der Waals surface area contributed by atoms with Gasteiger partial charge in [-0.1, -0.05) is 12.1 Å². The standard InChI is InChI=1S/C14H21NO3/c1-10-5-4-6-13(9-10)18-12(3)14(17)15-11(2)7-8-16/h4-6,9,11-12,16H,7-8H2,1-3H3,(H,15,17)/t11-,12?/m1/s1. The van der Waals surface area contributed by atoms with Gasteiger partial charge in [0, 0.05) is 12.6 Å². The zero-order valence-corrected chi connectivity index (χ0v) is 11.1. The molecule has 0 spiro atoms. The number of ether oxygens (including phenoxy) is 1. The largest absolute Gasteiger partial charge is 0.481 e. The van der Waals surface area contributed by atoms with Crippen LogP contribution in [0.1, 0.15) is 25.8 Å². The molecule has 1 rings (SSSR count). The second-order valence-corrected chi connectivity index (χ2v) is 4.50. The first-order valence-electron chi connectivity index (χ1n) is 6.17. The van der Waals surface area contributed by atoms with Crippen molar-refractivity contribution in [2.45, 2.75) is 39.3 Å². The van der Waals surface area contributed by atoms with Crippen LogP contribution in [-0.2, 0) is 4.79 Å². The van der Waals surface area contributed by atoms with Crippen molar-refractivity contribution >= 4 is 5.91 Å². The topological polar surface area (TPSA) is 58.6 Å². The predicted molar refractivity (Wildman–Crippen MR) is 70.6 cm³/mol. The fraction of sp³-hybridized carbons (Fsp3) is 0.500. The molecule has 18 heavy (non-hydrogen) atoms. The maximum Gasteiger partial charge on any atom is 0.260 e. The van der Waals surface area contributed by atoms with Crippen LogP contribution in [-0.4, -0.2) is 29.8 Å². The molecule has 0 aromatic heterocycles. The number of hydrogen-bond donors (Lipinski definition) is 2. The minimum absolute atomic E-state index is 0.0499. The Morgan fingerprint density at radius 2 is 2.17 bits per heavy atom. The van der Waals surface area contributed by atoms with E-state index in [1.54, 1.807) is 6.92 Å². The second-order valence-electron chi connectivity index (χ2n) is 4.50. The van der Waals surface area contributed by atoms with Crippen molar-refractivity contribution in [3.63, 3.8) is 0 Å². The van der Waals surface area contributed by atoms with Gasteiger partial charge in [-0.15, -0.1) is 0 Å². The van der Waals surface area contributed by atoms with E-state index in [4.69, 9.17) is 9.84 Å². The van der Waals surface area contributed by atoms with E-state index in [2.05, 4.69) is 5.32 Å². The van der Waals surface area contributed by atoms with E-state index < -0.39 is 6.10 Å². The van der Waals surface area contributed by atoms with Gasteiger partial charge in [0.15, 0.2) is 6.10 Å². The Hall–Kier alpha value is -1.55. The van der Waals surface area contributed by atoms with Gasteiger partial charge in [-0.05, 0) is 44.9 Å². The highest BCUT2D eigenvalue weighted by Crippen LogP contribution is 2.14. The molecular formula is C14H21NO3. The van der Waals surface area contributed by atoms with Gasteiger partial charge in [0.25, 0.3) is 5.91 Å². The lowest BCUT2D eigenvalue weighted by atomic mass is 10.2. The van der Waals surface area contributed by atoms with E-state index >= 15 is 0 Å². The summed E-state index contributed by atoms with van der Waals surface area (Å²) in [5.74, 6) is 0.518. The summed E-state index contributed by atoms with van der Waals surface area (Å²) in [6.45, 7) is 5.60. The maximum absolute atomic E-state index is 11.8. The van der Waals surface area contributed by atoms with Crippen LogP contribution < -0.4 is 10.1 Å². The quantitative estimate of drug-likeness (QED) is 0.808. The third-order valence-corrected chi connectivity index (χ3v) is 2.62. The van der Waals surface area contributed by atoms with Crippen LogP contribution in [0.3, 0.4) is 0 Å². The monoisotopic (exact) mass is 251 g/mol. The summed E-state index contributed by atoms with van der Waals surface area (Å²) < 4.78 is 5.56. The predicted octanol–water partition coefficient (Wildman–Crippen LogP) is 1.65. The molecule has 4 nitrogen and oxygen atoms in total. The number of aliphatic hydroxyl groups excluding tert-OH is 1. The van der Waals surface area contributed by atoms with E-state index in [-0.39, 0.29) is 18.6 Å². The molecule has 0 fully saturated rings. The van der Waals surface area contributed by atoms with Crippen LogP contribution in [0.15, 0.2) is 24.3 Å². The summed E-state index contributed by atoms with van der Waals surface area (Å²) >= 11 is 0. The Balaban J connectivity index is 2.49. The summed E-state index contributed by atoms with van der Waals surface area (Å²) in [7, 11) is 0. The first-order valence-corrected chi connectivity index (χ1v) is 6.17. The number of carbonyl (C=O) groups is 1. The summed E-state index contributed by atoms with van der Waals surface area (Å²) in [5, 5.41) is 11.6. The number of benzene rings is 1. The lowest BCUT2D eigenvalue weighted by Crippen LogP contribution is -2.41. The van der Waals surface area contributed by atoms with Crippen molar-refractivity contribution in [2.75, 3.05) is 6.61 Å². The van der Waals surface area contributed by atoms with Crippen molar-refractivity contribution in [3.05, 3.63) is 29.8 Å². The van der Waals surface area contributed by atoms with Crippen LogP contribution in [0.2, 0.25) is 0 Å². The van der Waals surface area contributed by atoms with Crippen LogP contribution in [0.25, 0.3) is 0 Å². The lowest BCUT2D eigenvalue weighted by Gasteiger charge is -2.18. The summed E-state index contributed by atoms with van der Waals surface area (Å²) in [6, 6.07) is 7.53. The molecule has 0 heterocycles. The molecule has 0 bridgehead atoms. The Bertz CT molecular complexity index is 392. The zero-order chi connectivity index (χ0) is 13.5. The number of rotatable bonds is 6. The Labute approximate surface area is 108 Å². The second kappa shape index (κ2) is 7.01. The molecule has 2 atom stereocenters. The molecule has 0 radical (unpaired) electrons.